The number of anilines is 1. The molecule has 1 heterocycles. The summed E-state index contributed by atoms with van der Waals surface area (Å²) in [5.74, 6) is 0.0615. The van der Waals surface area contributed by atoms with E-state index in [1.54, 1.807) is 6.92 Å². The summed E-state index contributed by atoms with van der Waals surface area (Å²) in [5.41, 5.74) is 7.04. The van der Waals surface area contributed by atoms with Gasteiger partial charge in [0.15, 0.2) is 0 Å². The molecule has 0 unspecified atom stereocenters. The molecule has 0 radical (unpaired) electrons. The van der Waals surface area contributed by atoms with Gasteiger partial charge in [-0.3, -0.25) is 0 Å². The average molecular weight is 310 g/mol. The number of nitrogens with two attached hydrogens (primary N) is 1. The van der Waals surface area contributed by atoms with Gasteiger partial charge in [-0.1, -0.05) is 17.7 Å². The van der Waals surface area contributed by atoms with Crippen LogP contribution in [0.4, 0.5) is 5.69 Å². The molecule has 2 N–H and O–H groups in total. The van der Waals surface area contributed by atoms with Crippen LogP contribution >= 0.6 is 11.6 Å². The van der Waals surface area contributed by atoms with E-state index in [4.69, 9.17) is 22.1 Å². The minimum Gasteiger partial charge on any atom is -0.463 e. The monoisotopic (exact) mass is 309 g/mol. The highest BCUT2D eigenvalue weighted by Crippen LogP contribution is 2.21. The third kappa shape index (κ3) is 4.29. The van der Waals surface area contributed by atoms with Crippen molar-refractivity contribution in [2.45, 2.75) is 6.92 Å². The Bertz CT molecular complexity index is 525. The summed E-state index contributed by atoms with van der Waals surface area (Å²) in [6.45, 7) is 5.30. The summed E-state index contributed by atoms with van der Waals surface area (Å²) in [6.07, 6.45) is 1.35. The normalized spacial score (nSPS) is 16.0. The molecule has 0 aromatic heterocycles. The molecule has 21 heavy (non-hydrogen) atoms. The van der Waals surface area contributed by atoms with Crippen LogP contribution in [0.15, 0.2) is 36.2 Å². The van der Waals surface area contributed by atoms with Crippen LogP contribution in [0, 0.1) is 0 Å². The smallest absolute Gasteiger partial charge is 0.334 e. The maximum Gasteiger partial charge on any atom is 0.334 e. The fourth-order valence-electron chi connectivity index (χ4n) is 2.29. The second kappa shape index (κ2) is 7.22. The van der Waals surface area contributed by atoms with Gasteiger partial charge in [-0.15, -0.1) is 0 Å². The van der Waals surface area contributed by atoms with E-state index in [1.165, 1.54) is 6.08 Å². The fraction of sp³-hybridized carbons (Fsp3) is 0.400. The molecule has 0 saturated carbocycles. The summed E-state index contributed by atoms with van der Waals surface area (Å²) in [6, 6.07) is 7.80. The van der Waals surface area contributed by atoms with Gasteiger partial charge < -0.3 is 20.3 Å². The van der Waals surface area contributed by atoms with Crippen LogP contribution < -0.4 is 10.6 Å². The number of rotatable bonds is 4. The van der Waals surface area contributed by atoms with Crippen LogP contribution in [0.25, 0.3) is 0 Å². The molecule has 0 atom stereocenters. The third-order valence-electron chi connectivity index (χ3n) is 3.37. The Labute approximate surface area is 129 Å². The number of hydrogen-bond acceptors (Lipinski definition) is 5. The van der Waals surface area contributed by atoms with Crippen molar-refractivity contribution in [3.63, 3.8) is 0 Å². The highest BCUT2D eigenvalue weighted by molar-refractivity contribution is 6.30. The van der Waals surface area contributed by atoms with Gasteiger partial charge in [0.1, 0.15) is 5.82 Å². The van der Waals surface area contributed by atoms with Gasteiger partial charge in [-0.2, -0.15) is 0 Å². The first-order valence-corrected chi connectivity index (χ1v) is 7.37. The first-order chi connectivity index (χ1) is 10.1. The molecule has 0 amide bonds. The first kappa shape index (κ1) is 15.5. The molecule has 5 nitrogen and oxygen atoms in total. The minimum absolute atomic E-state index is 0.352. The molecule has 1 aliphatic rings. The second-order valence-corrected chi connectivity index (χ2v) is 5.21. The Morgan fingerprint density at radius 1 is 1.38 bits per heavy atom. The zero-order chi connectivity index (χ0) is 15.2. The third-order valence-corrected chi connectivity index (χ3v) is 3.61. The molecule has 0 aliphatic carbocycles. The maximum absolute atomic E-state index is 11.4. The molecule has 6 heteroatoms. The highest BCUT2D eigenvalue weighted by Gasteiger charge is 2.18. The summed E-state index contributed by atoms with van der Waals surface area (Å²) < 4.78 is 4.86. The number of ether oxygens (including phenoxy) is 1. The average Bonchev–Trinajstić information content (AvgIpc) is 2.47. The number of halogens is 1. The number of piperazine rings is 1. The van der Waals surface area contributed by atoms with Gasteiger partial charge in [0.2, 0.25) is 0 Å². The molecule has 1 aromatic carbocycles. The number of esters is 1. The predicted octanol–water partition coefficient (Wildman–Crippen LogP) is 1.83. The van der Waals surface area contributed by atoms with E-state index in [0.717, 1.165) is 36.9 Å². The molecule has 1 aromatic rings. The van der Waals surface area contributed by atoms with Crippen molar-refractivity contribution in [1.29, 1.82) is 0 Å². The lowest BCUT2D eigenvalue weighted by Gasteiger charge is -2.37. The van der Waals surface area contributed by atoms with E-state index in [-0.39, 0.29) is 0 Å². The van der Waals surface area contributed by atoms with Crippen LogP contribution in [0.2, 0.25) is 5.02 Å². The van der Waals surface area contributed by atoms with Crippen molar-refractivity contribution in [1.82, 2.24) is 4.90 Å². The lowest BCUT2D eigenvalue weighted by molar-refractivity contribution is -0.137. The lowest BCUT2D eigenvalue weighted by atomic mass is 10.2. The number of carbonyl (C=O) groups excluding carboxylic acids is 1. The molecule has 1 aliphatic heterocycles. The Hall–Kier alpha value is -1.88. The summed E-state index contributed by atoms with van der Waals surface area (Å²) in [7, 11) is 0. The molecule has 0 spiro atoms. The Balaban J connectivity index is 1.92. The van der Waals surface area contributed by atoms with Gasteiger partial charge in [0.25, 0.3) is 0 Å². The maximum atomic E-state index is 11.4. The van der Waals surface area contributed by atoms with Crippen LogP contribution in [-0.4, -0.2) is 43.7 Å². The van der Waals surface area contributed by atoms with E-state index >= 15 is 0 Å². The van der Waals surface area contributed by atoms with Gasteiger partial charge in [-0.05, 0) is 25.1 Å². The zero-order valence-corrected chi connectivity index (χ0v) is 12.8. The Morgan fingerprint density at radius 2 is 2.10 bits per heavy atom. The van der Waals surface area contributed by atoms with Crippen LogP contribution in [0.5, 0.6) is 0 Å². The molecule has 2 rings (SSSR count). The van der Waals surface area contributed by atoms with Crippen molar-refractivity contribution in [3.8, 4) is 0 Å². The second-order valence-electron chi connectivity index (χ2n) is 4.78. The number of hydrogen-bond donors (Lipinski definition) is 1. The molecule has 0 bridgehead atoms. The van der Waals surface area contributed by atoms with Gasteiger partial charge in [0, 0.05) is 36.9 Å². The van der Waals surface area contributed by atoms with Crippen molar-refractivity contribution in [3.05, 3.63) is 41.2 Å². The van der Waals surface area contributed by atoms with E-state index < -0.39 is 5.97 Å². The van der Waals surface area contributed by atoms with Gasteiger partial charge in [0.05, 0.1) is 12.7 Å². The standard InChI is InChI=1S/C15H20ClN3O2/c1-2-21-15(20)11-14(17)19-8-6-18(7-9-19)13-5-3-4-12(16)10-13/h3-5,10-11H,2,6-9,17H2,1H3/b14-11-. The highest BCUT2D eigenvalue weighted by atomic mass is 35.5. The number of benzene rings is 1. The molecule has 1 saturated heterocycles. The van der Waals surface area contributed by atoms with E-state index in [9.17, 15) is 4.79 Å². The molecular formula is C15H20ClN3O2. The van der Waals surface area contributed by atoms with E-state index in [1.807, 2.05) is 29.2 Å². The fourth-order valence-corrected chi connectivity index (χ4v) is 2.48. The van der Waals surface area contributed by atoms with E-state index in [0.29, 0.717) is 12.4 Å². The molecule has 114 valence electrons. The minimum atomic E-state index is -0.396. The van der Waals surface area contributed by atoms with Crippen LogP contribution in [-0.2, 0) is 9.53 Å². The number of carbonyl (C=O) groups is 1. The zero-order valence-electron chi connectivity index (χ0n) is 12.1. The first-order valence-electron chi connectivity index (χ1n) is 6.99. The van der Waals surface area contributed by atoms with Crippen molar-refractivity contribution >= 4 is 23.3 Å². The van der Waals surface area contributed by atoms with Crippen molar-refractivity contribution < 1.29 is 9.53 Å². The summed E-state index contributed by atoms with van der Waals surface area (Å²) in [5, 5.41) is 0.733. The van der Waals surface area contributed by atoms with Crippen molar-refractivity contribution in [2.24, 2.45) is 5.73 Å². The molecule has 1 fully saturated rings. The van der Waals surface area contributed by atoms with E-state index in [2.05, 4.69) is 4.90 Å². The summed E-state index contributed by atoms with van der Waals surface area (Å²) in [4.78, 5) is 15.6. The number of nitrogens with zero attached hydrogens (tertiary/aromatic N) is 2. The van der Waals surface area contributed by atoms with Gasteiger partial charge in [-0.25, -0.2) is 4.79 Å². The Kier molecular flexibility index (Phi) is 5.33. The topological polar surface area (TPSA) is 58.8 Å². The van der Waals surface area contributed by atoms with Crippen molar-refractivity contribution in [2.75, 3.05) is 37.7 Å². The SMILES string of the molecule is CCOC(=O)/C=C(/N)N1CCN(c2cccc(Cl)c2)CC1. The quantitative estimate of drug-likeness (QED) is 0.679. The van der Waals surface area contributed by atoms with Crippen LogP contribution in [0.1, 0.15) is 6.92 Å². The lowest BCUT2D eigenvalue weighted by Crippen LogP contribution is -2.47. The molecular weight excluding hydrogens is 290 g/mol. The largest absolute Gasteiger partial charge is 0.463 e. The predicted molar refractivity (Wildman–Crippen MR) is 84.1 cm³/mol. The van der Waals surface area contributed by atoms with Gasteiger partial charge >= 0.3 is 5.97 Å². The summed E-state index contributed by atoms with van der Waals surface area (Å²) >= 11 is 6.01. The Morgan fingerprint density at radius 3 is 2.71 bits per heavy atom. The van der Waals surface area contributed by atoms with Crippen LogP contribution in [0.3, 0.4) is 0 Å².